The van der Waals surface area contributed by atoms with Crippen molar-refractivity contribution in [3.63, 3.8) is 0 Å². The molecule has 0 aromatic heterocycles. The van der Waals surface area contributed by atoms with Gasteiger partial charge in [0.25, 0.3) is 0 Å². The molecule has 0 unspecified atom stereocenters. The van der Waals surface area contributed by atoms with Crippen LogP contribution in [0.4, 0.5) is 0 Å². The minimum absolute atomic E-state index is 0.129. The van der Waals surface area contributed by atoms with Crippen molar-refractivity contribution < 1.29 is 4.79 Å². The number of Topliss-reactive ketones (excluding diaryl/α,β-unsaturated/α-hetero) is 1. The molecule has 0 aliphatic heterocycles. The SMILES string of the molecule is C/C=C1\C(=O)CCCC1(C)C. The summed E-state index contributed by atoms with van der Waals surface area (Å²) in [4.78, 5) is 11.4. The van der Waals surface area contributed by atoms with Crippen LogP contribution >= 0.6 is 0 Å². The van der Waals surface area contributed by atoms with Gasteiger partial charge in [0.2, 0.25) is 0 Å². The van der Waals surface area contributed by atoms with Crippen LogP contribution in [-0.4, -0.2) is 5.78 Å². The number of ketones is 1. The summed E-state index contributed by atoms with van der Waals surface area (Å²) in [5.74, 6) is 0.351. The molecule has 0 atom stereocenters. The zero-order chi connectivity index (χ0) is 8.48. The van der Waals surface area contributed by atoms with E-state index < -0.39 is 0 Å². The number of carbonyl (C=O) groups excluding carboxylic acids is 1. The van der Waals surface area contributed by atoms with Gasteiger partial charge in [-0.15, -0.1) is 0 Å². The van der Waals surface area contributed by atoms with E-state index in [-0.39, 0.29) is 5.41 Å². The Morgan fingerprint density at radius 3 is 2.45 bits per heavy atom. The zero-order valence-corrected chi connectivity index (χ0v) is 7.61. The summed E-state index contributed by atoms with van der Waals surface area (Å²) in [5, 5.41) is 0. The normalized spacial score (nSPS) is 27.5. The van der Waals surface area contributed by atoms with Gasteiger partial charge in [0.15, 0.2) is 5.78 Å². The van der Waals surface area contributed by atoms with Gasteiger partial charge >= 0.3 is 0 Å². The van der Waals surface area contributed by atoms with Crippen LogP contribution in [0.1, 0.15) is 40.0 Å². The van der Waals surface area contributed by atoms with E-state index in [2.05, 4.69) is 13.8 Å². The first-order chi connectivity index (χ1) is 5.08. The highest BCUT2D eigenvalue weighted by molar-refractivity contribution is 5.97. The number of hydrogen-bond acceptors (Lipinski definition) is 1. The summed E-state index contributed by atoms with van der Waals surface area (Å²) in [6.07, 6.45) is 4.94. The predicted octanol–water partition coefficient (Wildman–Crippen LogP) is 2.71. The van der Waals surface area contributed by atoms with Crippen LogP contribution in [0.2, 0.25) is 0 Å². The lowest BCUT2D eigenvalue weighted by Gasteiger charge is -2.31. The summed E-state index contributed by atoms with van der Waals surface area (Å²) < 4.78 is 0. The molecule has 0 aromatic carbocycles. The highest BCUT2D eigenvalue weighted by Gasteiger charge is 2.31. The summed E-state index contributed by atoms with van der Waals surface area (Å²) in [6.45, 7) is 6.26. The minimum Gasteiger partial charge on any atom is -0.295 e. The van der Waals surface area contributed by atoms with Crippen molar-refractivity contribution in [1.82, 2.24) is 0 Å². The second-order valence-electron chi connectivity index (χ2n) is 3.86. The maximum absolute atomic E-state index is 11.4. The largest absolute Gasteiger partial charge is 0.295 e. The van der Waals surface area contributed by atoms with Crippen molar-refractivity contribution in [2.45, 2.75) is 40.0 Å². The fraction of sp³-hybridized carbons (Fsp3) is 0.700. The van der Waals surface area contributed by atoms with Gasteiger partial charge in [-0.25, -0.2) is 0 Å². The minimum atomic E-state index is 0.129. The summed E-state index contributed by atoms with van der Waals surface area (Å²) >= 11 is 0. The van der Waals surface area contributed by atoms with Crippen molar-refractivity contribution in [2.75, 3.05) is 0 Å². The van der Waals surface area contributed by atoms with Gasteiger partial charge in [-0.3, -0.25) is 4.79 Å². The van der Waals surface area contributed by atoms with E-state index in [9.17, 15) is 4.79 Å². The average molecular weight is 152 g/mol. The van der Waals surface area contributed by atoms with Gasteiger partial charge in [0.05, 0.1) is 0 Å². The number of hydrogen-bond donors (Lipinski definition) is 0. The Bertz CT molecular complexity index is 199. The molecule has 1 nitrogen and oxygen atoms in total. The van der Waals surface area contributed by atoms with Crippen LogP contribution < -0.4 is 0 Å². The third-order valence-corrected chi connectivity index (χ3v) is 2.52. The zero-order valence-electron chi connectivity index (χ0n) is 7.61. The van der Waals surface area contributed by atoms with E-state index in [0.29, 0.717) is 5.78 Å². The van der Waals surface area contributed by atoms with Crippen LogP contribution in [0.15, 0.2) is 11.6 Å². The van der Waals surface area contributed by atoms with Crippen LogP contribution in [-0.2, 0) is 4.79 Å². The molecule has 0 amide bonds. The fourth-order valence-corrected chi connectivity index (χ4v) is 1.89. The molecule has 0 radical (unpaired) electrons. The molecule has 1 aliphatic rings. The molecule has 1 heteroatoms. The van der Waals surface area contributed by atoms with Gasteiger partial charge in [-0.05, 0) is 30.8 Å². The van der Waals surface area contributed by atoms with Crippen LogP contribution in [0, 0.1) is 5.41 Å². The molecular formula is C10H16O. The Morgan fingerprint density at radius 2 is 2.09 bits per heavy atom. The fourth-order valence-electron chi connectivity index (χ4n) is 1.89. The second kappa shape index (κ2) is 2.80. The third-order valence-electron chi connectivity index (χ3n) is 2.52. The molecule has 0 spiro atoms. The van der Waals surface area contributed by atoms with Crippen LogP contribution in [0.3, 0.4) is 0 Å². The summed E-state index contributed by atoms with van der Waals surface area (Å²) in [5.41, 5.74) is 1.16. The molecule has 1 saturated carbocycles. The molecule has 1 aliphatic carbocycles. The first-order valence-corrected chi connectivity index (χ1v) is 4.28. The van der Waals surface area contributed by atoms with Gasteiger partial charge in [-0.1, -0.05) is 19.9 Å². The predicted molar refractivity (Wildman–Crippen MR) is 46.4 cm³/mol. The number of allylic oxidation sites excluding steroid dienone is 2. The molecule has 0 N–H and O–H groups in total. The van der Waals surface area contributed by atoms with Crippen LogP contribution in [0.25, 0.3) is 0 Å². The van der Waals surface area contributed by atoms with Gasteiger partial charge in [-0.2, -0.15) is 0 Å². The van der Waals surface area contributed by atoms with Crippen molar-refractivity contribution in [2.24, 2.45) is 5.41 Å². The molecule has 1 rings (SSSR count). The quantitative estimate of drug-likeness (QED) is 0.488. The Labute approximate surface area is 68.5 Å². The molecule has 0 saturated heterocycles. The Kier molecular flexibility index (Phi) is 2.17. The van der Waals surface area contributed by atoms with Crippen molar-refractivity contribution in [3.8, 4) is 0 Å². The highest BCUT2D eigenvalue weighted by Crippen LogP contribution is 2.37. The van der Waals surface area contributed by atoms with E-state index in [0.717, 1.165) is 24.8 Å². The Hall–Kier alpha value is -0.590. The maximum Gasteiger partial charge on any atom is 0.159 e. The number of carbonyl (C=O) groups is 1. The molecule has 0 heterocycles. The third kappa shape index (κ3) is 1.52. The second-order valence-corrected chi connectivity index (χ2v) is 3.86. The molecule has 1 fully saturated rings. The maximum atomic E-state index is 11.4. The summed E-state index contributed by atoms with van der Waals surface area (Å²) in [7, 11) is 0. The molecule has 11 heavy (non-hydrogen) atoms. The van der Waals surface area contributed by atoms with Crippen LogP contribution in [0.5, 0.6) is 0 Å². The van der Waals surface area contributed by atoms with Gasteiger partial charge in [0.1, 0.15) is 0 Å². The molecular weight excluding hydrogens is 136 g/mol. The van der Waals surface area contributed by atoms with E-state index >= 15 is 0 Å². The lowest BCUT2D eigenvalue weighted by Crippen LogP contribution is -2.26. The Morgan fingerprint density at radius 1 is 1.45 bits per heavy atom. The van der Waals surface area contributed by atoms with Crippen molar-refractivity contribution >= 4 is 5.78 Å². The van der Waals surface area contributed by atoms with E-state index in [4.69, 9.17) is 0 Å². The lowest BCUT2D eigenvalue weighted by molar-refractivity contribution is -0.117. The Balaban J connectivity index is 2.90. The van der Waals surface area contributed by atoms with Crippen molar-refractivity contribution in [3.05, 3.63) is 11.6 Å². The first kappa shape index (κ1) is 8.51. The topological polar surface area (TPSA) is 17.1 Å². The number of rotatable bonds is 0. The summed E-state index contributed by atoms with van der Waals surface area (Å²) in [6, 6.07) is 0. The smallest absolute Gasteiger partial charge is 0.159 e. The van der Waals surface area contributed by atoms with E-state index in [1.807, 2.05) is 13.0 Å². The molecule has 0 bridgehead atoms. The van der Waals surface area contributed by atoms with E-state index in [1.54, 1.807) is 0 Å². The van der Waals surface area contributed by atoms with E-state index in [1.165, 1.54) is 0 Å². The van der Waals surface area contributed by atoms with Gasteiger partial charge < -0.3 is 0 Å². The first-order valence-electron chi connectivity index (χ1n) is 4.28. The molecule has 0 aromatic rings. The lowest BCUT2D eigenvalue weighted by atomic mass is 9.72. The standard InChI is InChI=1S/C10H16O/c1-4-8-9(11)6-5-7-10(8,2)3/h4H,5-7H2,1-3H3/b8-4+. The van der Waals surface area contributed by atoms with Gasteiger partial charge in [0, 0.05) is 6.42 Å². The van der Waals surface area contributed by atoms with Crippen molar-refractivity contribution in [1.29, 1.82) is 0 Å². The molecule has 62 valence electrons. The monoisotopic (exact) mass is 152 g/mol. The highest BCUT2D eigenvalue weighted by atomic mass is 16.1. The average Bonchev–Trinajstić information content (AvgIpc) is 1.86.